The molecule has 0 bridgehead atoms. The summed E-state index contributed by atoms with van der Waals surface area (Å²) in [4.78, 5) is 0. The van der Waals surface area contributed by atoms with Crippen molar-refractivity contribution in [3.63, 3.8) is 0 Å². The maximum atomic E-state index is 5.17. The second-order valence-electron chi connectivity index (χ2n) is 2.88. The summed E-state index contributed by atoms with van der Waals surface area (Å²) in [6.07, 6.45) is 1.68. The first-order chi connectivity index (χ1) is 6.36. The van der Waals surface area contributed by atoms with Gasteiger partial charge in [0.25, 0.3) is 0 Å². The van der Waals surface area contributed by atoms with Crippen LogP contribution in [0.3, 0.4) is 0 Å². The average molecular weight is 173 g/mol. The van der Waals surface area contributed by atoms with Crippen molar-refractivity contribution in [2.45, 2.75) is 6.92 Å². The molecular weight excluding hydrogens is 162 g/mol. The van der Waals surface area contributed by atoms with Crippen molar-refractivity contribution in [1.82, 2.24) is 0 Å². The fraction of sp³-hybridized carbons (Fsp3) is 0.0909. The molecule has 13 heavy (non-hydrogen) atoms. The first-order valence-electron chi connectivity index (χ1n) is 4.22. The predicted octanol–water partition coefficient (Wildman–Crippen LogP) is 3.33. The number of rotatable bonds is 2. The molecule has 0 atom stereocenters. The minimum absolute atomic E-state index is 0.906. The molecule has 2 nitrogen and oxygen atoms in total. The Bertz CT molecular complexity index is 378. The normalized spacial score (nSPS) is 9.92. The molecule has 66 valence electrons. The Kier molecular flexibility index (Phi) is 2.04. The molecule has 0 aliphatic heterocycles. The zero-order valence-electron chi connectivity index (χ0n) is 7.45. The van der Waals surface area contributed by atoms with E-state index in [4.69, 9.17) is 4.42 Å². The van der Waals surface area contributed by atoms with E-state index in [1.165, 1.54) is 0 Å². The number of aryl methyl sites for hydroxylation is 1. The molecule has 0 radical (unpaired) electrons. The van der Waals surface area contributed by atoms with E-state index in [1.807, 2.05) is 43.3 Å². The highest BCUT2D eigenvalue weighted by Gasteiger charge is 1.99. The minimum atomic E-state index is 0.906. The monoisotopic (exact) mass is 173 g/mol. The van der Waals surface area contributed by atoms with Gasteiger partial charge in [0, 0.05) is 11.8 Å². The third kappa shape index (κ3) is 1.72. The molecule has 0 saturated carbocycles. The molecule has 0 amide bonds. The highest BCUT2D eigenvalue weighted by atomic mass is 16.3. The number of furan rings is 1. The van der Waals surface area contributed by atoms with Gasteiger partial charge < -0.3 is 9.73 Å². The van der Waals surface area contributed by atoms with Crippen LogP contribution < -0.4 is 5.32 Å². The summed E-state index contributed by atoms with van der Waals surface area (Å²) < 4.78 is 5.17. The van der Waals surface area contributed by atoms with Crippen molar-refractivity contribution >= 4 is 11.4 Å². The van der Waals surface area contributed by atoms with Gasteiger partial charge in [-0.2, -0.15) is 0 Å². The van der Waals surface area contributed by atoms with Crippen molar-refractivity contribution in [3.05, 3.63) is 48.4 Å². The standard InChI is InChI=1S/C11H11NO/c1-9-11(7-8-13-9)12-10-5-3-2-4-6-10/h2-8,12H,1H3. The van der Waals surface area contributed by atoms with Gasteiger partial charge in [-0.05, 0) is 19.1 Å². The summed E-state index contributed by atoms with van der Waals surface area (Å²) in [6, 6.07) is 11.9. The van der Waals surface area contributed by atoms with Crippen molar-refractivity contribution < 1.29 is 4.42 Å². The number of anilines is 2. The van der Waals surface area contributed by atoms with Gasteiger partial charge in [-0.1, -0.05) is 18.2 Å². The molecule has 1 heterocycles. The second-order valence-corrected chi connectivity index (χ2v) is 2.88. The van der Waals surface area contributed by atoms with Crippen LogP contribution in [0.4, 0.5) is 11.4 Å². The zero-order valence-corrected chi connectivity index (χ0v) is 7.45. The fourth-order valence-corrected chi connectivity index (χ4v) is 1.19. The van der Waals surface area contributed by atoms with Crippen LogP contribution >= 0.6 is 0 Å². The average Bonchev–Trinajstić information content (AvgIpc) is 2.54. The van der Waals surface area contributed by atoms with Gasteiger partial charge in [-0.15, -0.1) is 0 Å². The molecule has 1 aromatic heterocycles. The number of para-hydroxylation sites is 1. The van der Waals surface area contributed by atoms with Crippen LogP contribution in [0.2, 0.25) is 0 Å². The van der Waals surface area contributed by atoms with E-state index in [2.05, 4.69) is 5.32 Å². The second kappa shape index (κ2) is 3.35. The van der Waals surface area contributed by atoms with Gasteiger partial charge in [0.1, 0.15) is 5.76 Å². The summed E-state index contributed by atoms with van der Waals surface area (Å²) in [6.45, 7) is 1.94. The third-order valence-corrected chi connectivity index (χ3v) is 1.91. The third-order valence-electron chi connectivity index (χ3n) is 1.91. The van der Waals surface area contributed by atoms with Crippen LogP contribution in [0, 0.1) is 6.92 Å². The van der Waals surface area contributed by atoms with E-state index in [0.717, 1.165) is 17.1 Å². The van der Waals surface area contributed by atoms with Crippen LogP contribution in [-0.4, -0.2) is 0 Å². The Labute approximate surface area is 77.2 Å². The van der Waals surface area contributed by atoms with Crippen molar-refractivity contribution in [3.8, 4) is 0 Å². The lowest BCUT2D eigenvalue weighted by molar-refractivity contribution is 0.535. The van der Waals surface area contributed by atoms with Crippen LogP contribution in [-0.2, 0) is 0 Å². The first-order valence-corrected chi connectivity index (χ1v) is 4.22. The quantitative estimate of drug-likeness (QED) is 0.753. The Morgan fingerprint density at radius 2 is 1.85 bits per heavy atom. The number of hydrogen-bond donors (Lipinski definition) is 1. The lowest BCUT2D eigenvalue weighted by Gasteiger charge is -2.03. The van der Waals surface area contributed by atoms with Crippen LogP contribution in [0.25, 0.3) is 0 Å². The topological polar surface area (TPSA) is 25.2 Å². The zero-order chi connectivity index (χ0) is 9.10. The van der Waals surface area contributed by atoms with Crippen LogP contribution in [0.5, 0.6) is 0 Å². The SMILES string of the molecule is Cc1occc1Nc1ccccc1. The molecule has 2 aromatic rings. The molecule has 0 fully saturated rings. The van der Waals surface area contributed by atoms with E-state index in [1.54, 1.807) is 6.26 Å². The molecule has 0 saturated heterocycles. The molecule has 2 heteroatoms. The molecule has 1 N–H and O–H groups in total. The first kappa shape index (κ1) is 7.92. The van der Waals surface area contributed by atoms with Crippen LogP contribution in [0.15, 0.2) is 47.1 Å². The molecule has 1 aromatic carbocycles. The summed E-state index contributed by atoms with van der Waals surface area (Å²) in [7, 11) is 0. The van der Waals surface area contributed by atoms with Crippen molar-refractivity contribution in [2.75, 3.05) is 5.32 Å². The summed E-state index contributed by atoms with van der Waals surface area (Å²) in [5, 5.41) is 3.26. The van der Waals surface area contributed by atoms with Gasteiger partial charge in [0.05, 0.1) is 12.0 Å². The Hall–Kier alpha value is -1.70. The Morgan fingerprint density at radius 1 is 1.08 bits per heavy atom. The Balaban J connectivity index is 2.20. The van der Waals surface area contributed by atoms with E-state index in [-0.39, 0.29) is 0 Å². The van der Waals surface area contributed by atoms with E-state index in [0.29, 0.717) is 0 Å². The van der Waals surface area contributed by atoms with Crippen LogP contribution in [0.1, 0.15) is 5.76 Å². The summed E-state index contributed by atoms with van der Waals surface area (Å²) in [5.41, 5.74) is 2.10. The van der Waals surface area contributed by atoms with Crippen molar-refractivity contribution in [1.29, 1.82) is 0 Å². The molecular formula is C11H11NO. The highest BCUT2D eigenvalue weighted by Crippen LogP contribution is 2.20. The lowest BCUT2D eigenvalue weighted by Crippen LogP contribution is -1.88. The number of nitrogens with one attached hydrogen (secondary N) is 1. The Morgan fingerprint density at radius 3 is 2.46 bits per heavy atom. The predicted molar refractivity (Wildman–Crippen MR) is 53.2 cm³/mol. The summed E-state index contributed by atoms with van der Waals surface area (Å²) >= 11 is 0. The molecule has 0 aliphatic rings. The van der Waals surface area contributed by atoms with Gasteiger partial charge in [-0.3, -0.25) is 0 Å². The van der Waals surface area contributed by atoms with Crippen molar-refractivity contribution in [2.24, 2.45) is 0 Å². The summed E-state index contributed by atoms with van der Waals surface area (Å²) in [5.74, 6) is 0.906. The largest absolute Gasteiger partial charge is 0.467 e. The molecule has 0 spiro atoms. The lowest BCUT2D eigenvalue weighted by atomic mass is 10.3. The minimum Gasteiger partial charge on any atom is -0.467 e. The van der Waals surface area contributed by atoms with Gasteiger partial charge in [0.2, 0.25) is 0 Å². The maximum Gasteiger partial charge on any atom is 0.124 e. The van der Waals surface area contributed by atoms with E-state index in [9.17, 15) is 0 Å². The van der Waals surface area contributed by atoms with Gasteiger partial charge in [0.15, 0.2) is 0 Å². The van der Waals surface area contributed by atoms with Gasteiger partial charge >= 0.3 is 0 Å². The maximum absolute atomic E-state index is 5.17. The number of hydrogen-bond acceptors (Lipinski definition) is 2. The van der Waals surface area contributed by atoms with E-state index < -0.39 is 0 Å². The highest BCUT2D eigenvalue weighted by molar-refractivity contribution is 5.60. The number of benzene rings is 1. The fourth-order valence-electron chi connectivity index (χ4n) is 1.19. The molecule has 2 rings (SSSR count). The van der Waals surface area contributed by atoms with Gasteiger partial charge in [-0.25, -0.2) is 0 Å². The molecule has 0 unspecified atom stereocenters. The molecule has 0 aliphatic carbocycles. The smallest absolute Gasteiger partial charge is 0.124 e. The van der Waals surface area contributed by atoms with E-state index >= 15 is 0 Å².